The van der Waals surface area contributed by atoms with Crippen LogP contribution in [-0.2, 0) is 19.1 Å². The van der Waals surface area contributed by atoms with Gasteiger partial charge < -0.3 is 20.5 Å². The van der Waals surface area contributed by atoms with E-state index in [1.54, 1.807) is 0 Å². The molecule has 1 aromatic rings. The van der Waals surface area contributed by atoms with Crippen LogP contribution in [0.1, 0.15) is 30.9 Å². The summed E-state index contributed by atoms with van der Waals surface area (Å²) in [5.74, 6) is -0.588. The van der Waals surface area contributed by atoms with Crippen LogP contribution in [0.25, 0.3) is 0 Å². The second-order valence-electron chi connectivity index (χ2n) is 5.31. The fourth-order valence-electron chi connectivity index (χ4n) is 2.52. The highest BCUT2D eigenvalue weighted by atomic mass is 16.5. The second-order valence-corrected chi connectivity index (χ2v) is 5.31. The van der Waals surface area contributed by atoms with Gasteiger partial charge in [-0.2, -0.15) is 0 Å². The summed E-state index contributed by atoms with van der Waals surface area (Å²) >= 11 is 0. The Labute approximate surface area is 130 Å². The van der Waals surface area contributed by atoms with Crippen LogP contribution in [0.4, 0.5) is 0 Å². The molecule has 3 N–H and O–H groups in total. The molecule has 1 fully saturated rings. The van der Waals surface area contributed by atoms with E-state index < -0.39 is 12.1 Å². The van der Waals surface area contributed by atoms with Crippen LogP contribution in [0.2, 0.25) is 0 Å². The molecule has 6 nitrogen and oxygen atoms in total. The van der Waals surface area contributed by atoms with Crippen LogP contribution in [0, 0.1) is 0 Å². The van der Waals surface area contributed by atoms with E-state index in [-0.39, 0.29) is 24.4 Å². The lowest BCUT2D eigenvalue weighted by molar-refractivity contribution is -0.141. The number of nitrogens with two attached hydrogens (primary N) is 1. The predicted octanol–water partition coefficient (Wildman–Crippen LogP) is 0.913. The molecule has 3 atom stereocenters. The highest BCUT2D eigenvalue weighted by Crippen LogP contribution is 2.22. The van der Waals surface area contributed by atoms with Crippen LogP contribution >= 0.6 is 0 Å². The SMILES string of the molecule is COC(=O)CC(NC(=O)[C@@H]1CC[C@H](CN)O1)c1ccccc1. The number of esters is 1. The average molecular weight is 306 g/mol. The molecular formula is C16H22N2O4. The number of hydrogen-bond acceptors (Lipinski definition) is 5. The molecule has 0 radical (unpaired) electrons. The van der Waals surface area contributed by atoms with Gasteiger partial charge in [0.25, 0.3) is 0 Å². The monoisotopic (exact) mass is 306 g/mol. The first-order chi connectivity index (χ1) is 10.6. The fourth-order valence-corrected chi connectivity index (χ4v) is 2.52. The summed E-state index contributed by atoms with van der Waals surface area (Å²) in [6.07, 6.45) is 0.942. The molecule has 1 saturated heterocycles. The van der Waals surface area contributed by atoms with Gasteiger partial charge in [-0.05, 0) is 18.4 Å². The van der Waals surface area contributed by atoms with Gasteiger partial charge in [-0.1, -0.05) is 30.3 Å². The lowest BCUT2D eigenvalue weighted by Crippen LogP contribution is -2.38. The zero-order valence-electron chi connectivity index (χ0n) is 12.7. The Bertz CT molecular complexity index is 506. The van der Waals surface area contributed by atoms with Gasteiger partial charge in [-0.15, -0.1) is 0 Å². The molecule has 0 spiro atoms. The predicted molar refractivity (Wildman–Crippen MR) is 80.9 cm³/mol. The molecule has 2 rings (SSSR count). The Hall–Kier alpha value is -1.92. The lowest BCUT2D eigenvalue weighted by Gasteiger charge is -2.20. The summed E-state index contributed by atoms with van der Waals surface area (Å²) in [7, 11) is 1.33. The molecule has 1 heterocycles. The van der Waals surface area contributed by atoms with Crippen molar-refractivity contribution in [3.8, 4) is 0 Å². The maximum absolute atomic E-state index is 12.3. The first kappa shape index (κ1) is 16.5. The molecule has 0 aliphatic carbocycles. The van der Waals surface area contributed by atoms with Crippen molar-refractivity contribution in [1.82, 2.24) is 5.32 Å². The van der Waals surface area contributed by atoms with E-state index in [0.717, 1.165) is 12.0 Å². The Kier molecular flexibility index (Phi) is 5.91. The number of amides is 1. The van der Waals surface area contributed by atoms with E-state index in [2.05, 4.69) is 5.32 Å². The van der Waals surface area contributed by atoms with Crippen molar-refractivity contribution in [3.05, 3.63) is 35.9 Å². The summed E-state index contributed by atoms with van der Waals surface area (Å²) < 4.78 is 10.3. The van der Waals surface area contributed by atoms with Gasteiger partial charge in [0, 0.05) is 6.54 Å². The highest BCUT2D eigenvalue weighted by Gasteiger charge is 2.31. The van der Waals surface area contributed by atoms with Crippen molar-refractivity contribution in [2.24, 2.45) is 5.73 Å². The summed E-state index contributed by atoms with van der Waals surface area (Å²) in [6.45, 7) is 0.411. The van der Waals surface area contributed by atoms with Crippen molar-refractivity contribution >= 4 is 11.9 Å². The normalized spacial score (nSPS) is 22.1. The molecular weight excluding hydrogens is 284 g/mol. The number of methoxy groups -OCH3 is 1. The molecule has 6 heteroatoms. The van der Waals surface area contributed by atoms with E-state index in [9.17, 15) is 9.59 Å². The minimum Gasteiger partial charge on any atom is -0.469 e. The van der Waals surface area contributed by atoms with Crippen molar-refractivity contribution in [2.45, 2.75) is 37.5 Å². The minimum atomic E-state index is -0.502. The minimum absolute atomic E-state index is 0.0634. The maximum Gasteiger partial charge on any atom is 0.307 e. The van der Waals surface area contributed by atoms with Gasteiger partial charge in [-0.3, -0.25) is 9.59 Å². The van der Waals surface area contributed by atoms with Crippen molar-refractivity contribution < 1.29 is 19.1 Å². The summed E-state index contributed by atoms with van der Waals surface area (Å²) in [5.41, 5.74) is 6.41. The van der Waals surface area contributed by atoms with E-state index in [4.69, 9.17) is 15.2 Å². The van der Waals surface area contributed by atoms with Crippen molar-refractivity contribution in [3.63, 3.8) is 0 Å². The maximum atomic E-state index is 12.3. The third-order valence-corrected chi connectivity index (χ3v) is 3.78. The number of ether oxygens (including phenoxy) is 2. The standard InChI is InChI=1S/C16H22N2O4/c1-21-15(19)9-13(11-5-3-2-4-6-11)18-16(20)14-8-7-12(10-17)22-14/h2-6,12-14H,7-10,17H2,1H3,(H,18,20)/t12-,13?,14+/m1/s1. The third-order valence-electron chi connectivity index (χ3n) is 3.78. The van der Waals surface area contributed by atoms with E-state index in [1.807, 2.05) is 30.3 Å². The van der Waals surface area contributed by atoms with E-state index in [0.29, 0.717) is 13.0 Å². The van der Waals surface area contributed by atoms with E-state index >= 15 is 0 Å². The number of carbonyl (C=O) groups excluding carboxylic acids is 2. The summed E-state index contributed by atoms with van der Waals surface area (Å²) in [6, 6.07) is 8.91. The van der Waals surface area contributed by atoms with Crippen LogP contribution in [0.3, 0.4) is 0 Å². The Morgan fingerprint density at radius 2 is 2.09 bits per heavy atom. The largest absolute Gasteiger partial charge is 0.469 e. The lowest BCUT2D eigenvalue weighted by atomic mass is 10.0. The van der Waals surface area contributed by atoms with Crippen LogP contribution < -0.4 is 11.1 Å². The molecule has 120 valence electrons. The number of carbonyl (C=O) groups is 2. The molecule has 0 bridgehead atoms. The fraction of sp³-hybridized carbons (Fsp3) is 0.500. The highest BCUT2D eigenvalue weighted by molar-refractivity contribution is 5.82. The smallest absolute Gasteiger partial charge is 0.307 e. The second kappa shape index (κ2) is 7.91. The molecule has 0 aromatic heterocycles. The molecule has 1 amide bonds. The topological polar surface area (TPSA) is 90.7 Å². The molecule has 1 aliphatic rings. The zero-order valence-corrected chi connectivity index (χ0v) is 12.7. The molecule has 1 aromatic carbocycles. The first-order valence-corrected chi connectivity index (χ1v) is 7.41. The Morgan fingerprint density at radius 1 is 1.36 bits per heavy atom. The molecule has 1 aliphatic heterocycles. The van der Waals surface area contributed by atoms with Crippen molar-refractivity contribution in [2.75, 3.05) is 13.7 Å². The number of hydrogen-bond donors (Lipinski definition) is 2. The van der Waals surface area contributed by atoms with Gasteiger partial charge in [0.05, 0.1) is 25.7 Å². The van der Waals surface area contributed by atoms with Crippen molar-refractivity contribution in [1.29, 1.82) is 0 Å². The molecule has 1 unspecified atom stereocenters. The van der Waals surface area contributed by atoms with Gasteiger partial charge in [0.2, 0.25) is 5.91 Å². The zero-order chi connectivity index (χ0) is 15.9. The van der Waals surface area contributed by atoms with E-state index in [1.165, 1.54) is 7.11 Å². The van der Waals surface area contributed by atoms with Gasteiger partial charge in [-0.25, -0.2) is 0 Å². The van der Waals surface area contributed by atoms with Crippen LogP contribution in [-0.4, -0.2) is 37.7 Å². The molecule has 22 heavy (non-hydrogen) atoms. The Morgan fingerprint density at radius 3 is 2.68 bits per heavy atom. The quantitative estimate of drug-likeness (QED) is 0.763. The summed E-state index contributed by atoms with van der Waals surface area (Å²) in [5, 5.41) is 2.88. The third kappa shape index (κ3) is 4.29. The van der Waals surface area contributed by atoms with Crippen LogP contribution in [0.15, 0.2) is 30.3 Å². The van der Waals surface area contributed by atoms with Crippen LogP contribution in [0.5, 0.6) is 0 Å². The Balaban J connectivity index is 2.03. The number of nitrogens with one attached hydrogen (secondary N) is 1. The average Bonchev–Trinajstić information content (AvgIpc) is 3.04. The number of rotatable bonds is 6. The first-order valence-electron chi connectivity index (χ1n) is 7.41. The summed E-state index contributed by atoms with van der Waals surface area (Å²) in [4.78, 5) is 23.9. The van der Waals surface area contributed by atoms with Gasteiger partial charge >= 0.3 is 5.97 Å². The number of benzene rings is 1. The van der Waals surface area contributed by atoms with Gasteiger partial charge in [0.1, 0.15) is 6.10 Å². The van der Waals surface area contributed by atoms with Gasteiger partial charge in [0.15, 0.2) is 0 Å². The molecule has 0 saturated carbocycles.